The number of hydrogen-bond donors (Lipinski definition) is 1. The molecule has 1 amide bonds. The number of hydrogen-bond acceptors (Lipinski definition) is 3. The van der Waals surface area contributed by atoms with Gasteiger partial charge in [0.15, 0.2) is 5.17 Å². The number of amidine groups is 1. The molecule has 0 saturated carbocycles. The van der Waals surface area contributed by atoms with Gasteiger partial charge in [0.2, 0.25) is 5.91 Å². The van der Waals surface area contributed by atoms with E-state index in [1.807, 2.05) is 0 Å². The third-order valence-electron chi connectivity index (χ3n) is 2.48. The first-order valence-corrected chi connectivity index (χ1v) is 6.01. The van der Waals surface area contributed by atoms with E-state index in [0.29, 0.717) is 5.56 Å². The minimum atomic E-state index is -4.54. The lowest BCUT2D eigenvalue weighted by Gasteiger charge is -2.20. The molecule has 1 aromatic rings. The smallest absolute Gasteiger partial charge is 0.278 e. The van der Waals surface area contributed by atoms with Gasteiger partial charge in [0.05, 0.1) is 17.0 Å². The summed E-state index contributed by atoms with van der Waals surface area (Å²) in [6.45, 7) is 1.64. The molecule has 1 fully saturated rings. The van der Waals surface area contributed by atoms with Gasteiger partial charge in [0.1, 0.15) is 0 Å². The number of carbonyl (C=O) groups excluding carboxylic acids is 1. The molecule has 1 N–H and O–H groups in total. The minimum absolute atomic E-state index is 0.00404. The summed E-state index contributed by atoms with van der Waals surface area (Å²) in [6.07, 6.45) is -4.54. The number of halogens is 3. The van der Waals surface area contributed by atoms with Crippen molar-refractivity contribution in [1.82, 2.24) is 0 Å². The first-order chi connectivity index (χ1) is 8.30. The van der Waals surface area contributed by atoms with E-state index in [4.69, 9.17) is 5.41 Å². The van der Waals surface area contributed by atoms with Gasteiger partial charge in [0.25, 0.3) is 0 Å². The topological polar surface area (TPSA) is 44.2 Å². The minimum Gasteiger partial charge on any atom is -0.278 e. The SMILES string of the molecule is Cc1ccc(C(F)(F)F)c(N2C(=N)SCC2=O)c1. The first kappa shape index (κ1) is 12.9. The summed E-state index contributed by atoms with van der Waals surface area (Å²) < 4.78 is 38.6. The number of thioether (sulfide) groups is 1. The van der Waals surface area contributed by atoms with E-state index in [0.717, 1.165) is 22.7 Å². The summed E-state index contributed by atoms with van der Waals surface area (Å²) in [5.74, 6) is -0.495. The van der Waals surface area contributed by atoms with Crippen LogP contribution in [0.3, 0.4) is 0 Å². The standard InChI is InChI=1S/C11H9F3N2OS/c1-6-2-3-7(11(12,13)14)8(4-6)16-9(17)5-18-10(16)15/h2-4,15H,5H2,1H3. The Hall–Kier alpha value is -1.50. The van der Waals surface area contributed by atoms with E-state index in [9.17, 15) is 18.0 Å². The summed E-state index contributed by atoms with van der Waals surface area (Å²) in [5, 5.41) is 7.38. The van der Waals surface area contributed by atoms with Crippen LogP contribution in [-0.2, 0) is 11.0 Å². The van der Waals surface area contributed by atoms with Crippen LogP contribution in [-0.4, -0.2) is 16.8 Å². The highest BCUT2D eigenvalue weighted by Crippen LogP contribution is 2.39. The fourth-order valence-electron chi connectivity index (χ4n) is 1.68. The van der Waals surface area contributed by atoms with Gasteiger partial charge >= 0.3 is 6.18 Å². The van der Waals surface area contributed by atoms with Gasteiger partial charge in [-0.2, -0.15) is 13.2 Å². The van der Waals surface area contributed by atoms with Crippen molar-refractivity contribution >= 4 is 28.5 Å². The Morgan fingerprint density at radius 2 is 2.06 bits per heavy atom. The van der Waals surface area contributed by atoms with Crippen molar-refractivity contribution in [2.75, 3.05) is 10.7 Å². The maximum absolute atomic E-state index is 12.9. The molecule has 0 aromatic heterocycles. The molecule has 0 radical (unpaired) electrons. The van der Waals surface area contributed by atoms with Crippen molar-refractivity contribution in [3.05, 3.63) is 29.3 Å². The zero-order valence-corrected chi connectivity index (χ0v) is 10.2. The molecule has 1 aliphatic heterocycles. The number of nitrogens with one attached hydrogen (secondary N) is 1. The third kappa shape index (κ3) is 2.22. The van der Waals surface area contributed by atoms with E-state index in [2.05, 4.69) is 0 Å². The van der Waals surface area contributed by atoms with Crippen LogP contribution in [0, 0.1) is 12.3 Å². The van der Waals surface area contributed by atoms with E-state index in [-0.39, 0.29) is 16.6 Å². The molecule has 0 unspecified atom stereocenters. The monoisotopic (exact) mass is 274 g/mol. The van der Waals surface area contributed by atoms with Crippen molar-refractivity contribution in [2.45, 2.75) is 13.1 Å². The molecule has 1 saturated heterocycles. The Balaban J connectivity index is 2.58. The van der Waals surface area contributed by atoms with Crippen LogP contribution >= 0.6 is 11.8 Å². The van der Waals surface area contributed by atoms with Crippen LogP contribution in [0.4, 0.5) is 18.9 Å². The molecule has 0 atom stereocenters. The van der Waals surface area contributed by atoms with Crippen molar-refractivity contribution in [2.24, 2.45) is 0 Å². The molecule has 0 aliphatic carbocycles. The molecular formula is C11H9F3N2OS. The quantitative estimate of drug-likeness (QED) is 0.855. The Labute approximate surface area is 105 Å². The molecule has 18 heavy (non-hydrogen) atoms. The molecule has 0 bridgehead atoms. The van der Waals surface area contributed by atoms with E-state index < -0.39 is 17.6 Å². The van der Waals surface area contributed by atoms with Gasteiger partial charge in [-0.15, -0.1) is 0 Å². The molecule has 0 spiro atoms. The van der Waals surface area contributed by atoms with Crippen LogP contribution in [0.15, 0.2) is 18.2 Å². The molecular weight excluding hydrogens is 265 g/mol. The van der Waals surface area contributed by atoms with E-state index in [1.165, 1.54) is 12.1 Å². The van der Waals surface area contributed by atoms with Crippen LogP contribution in [0.2, 0.25) is 0 Å². The summed E-state index contributed by atoms with van der Waals surface area (Å²) in [4.78, 5) is 12.4. The van der Waals surface area contributed by atoms with Crippen LogP contribution in [0.5, 0.6) is 0 Å². The molecule has 1 heterocycles. The predicted octanol–water partition coefficient (Wildman–Crippen LogP) is 3.03. The van der Waals surface area contributed by atoms with Gasteiger partial charge in [-0.05, 0) is 24.6 Å². The molecule has 1 aromatic carbocycles. The molecule has 2 rings (SSSR count). The first-order valence-electron chi connectivity index (χ1n) is 5.03. The maximum atomic E-state index is 12.9. The van der Waals surface area contributed by atoms with Gasteiger partial charge < -0.3 is 0 Å². The summed E-state index contributed by atoms with van der Waals surface area (Å²) in [6, 6.07) is 3.55. The molecule has 3 nitrogen and oxygen atoms in total. The maximum Gasteiger partial charge on any atom is 0.418 e. The lowest BCUT2D eigenvalue weighted by molar-refractivity contribution is -0.137. The third-order valence-corrected chi connectivity index (χ3v) is 3.33. The van der Waals surface area contributed by atoms with Gasteiger partial charge in [-0.25, -0.2) is 0 Å². The number of rotatable bonds is 1. The van der Waals surface area contributed by atoms with Crippen LogP contribution in [0.25, 0.3) is 0 Å². The summed E-state index contributed by atoms with van der Waals surface area (Å²) >= 11 is 0.926. The van der Waals surface area contributed by atoms with Gasteiger partial charge in [0, 0.05) is 0 Å². The number of anilines is 1. The van der Waals surface area contributed by atoms with Crippen LogP contribution < -0.4 is 4.90 Å². The van der Waals surface area contributed by atoms with Gasteiger partial charge in [-0.1, -0.05) is 17.8 Å². The normalized spacial score (nSPS) is 16.6. The lowest BCUT2D eigenvalue weighted by atomic mass is 10.1. The van der Waals surface area contributed by atoms with Crippen molar-refractivity contribution < 1.29 is 18.0 Å². The Morgan fingerprint density at radius 1 is 1.39 bits per heavy atom. The zero-order chi connectivity index (χ0) is 13.5. The number of aryl methyl sites for hydroxylation is 1. The van der Waals surface area contributed by atoms with Gasteiger partial charge in [-0.3, -0.25) is 15.1 Å². The zero-order valence-electron chi connectivity index (χ0n) is 9.34. The highest BCUT2D eigenvalue weighted by Gasteiger charge is 2.39. The van der Waals surface area contributed by atoms with Crippen LogP contribution in [0.1, 0.15) is 11.1 Å². The molecule has 7 heteroatoms. The number of amides is 1. The number of carbonyl (C=O) groups is 1. The van der Waals surface area contributed by atoms with E-state index >= 15 is 0 Å². The Bertz CT molecular complexity index is 512. The average molecular weight is 274 g/mol. The Kier molecular flexibility index (Phi) is 3.10. The number of alkyl halides is 3. The molecule has 96 valence electrons. The van der Waals surface area contributed by atoms with E-state index in [1.54, 1.807) is 6.92 Å². The highest BCUT2D eigenvalue weighted by atomic mass is 32.2. The van der Waals surface area contributed by atoms with Crippen molar-refractivity contribution in [1.29, 1.82) is 5.41 Å². The number of benzene rings is 1. The second-order valence-electron chi connectivity index (χ2n) is 3.84. The molecule has 1 aliphatic rings. The highest BCUT2D eigenvalue weighted by molar-refractivity contribution is 8.15. The number of nitrogens with zero attached hydrogens (tertiary/aromatic N) is 1. The summed E-state index contributed by atoms with van der Waals surface area (Å²) in [5.41, 5.74) is -0.549. The lowest BCUT2D eigenvalue weighted by Crippen LogP contribution is -2.30. The fraction of sp³-hybridized carbons (Fsp3) is 0.273. The summed E-state index contributed by atoms with van der Waals surface area (Å²) in [7, 11) is 0. The second-order valence-corrected chi connectivity index (χ2v) is 4.81. The van der Waals surface area contributed by atoms with Crippen molar-refractivity contribution in [3.8, 4) is 0 Å². The average Bonchev–Trinajstić information content (AvgIpc) is 2.56. The van der Waals surface area contributed by atoms with Crippen molar-refractivity contribution in [3.63, 3.8) is 0 Å². The predicted molar refractivity (Wildman–Crippen MR) is 63.9 cm³/mol. The fourth-order valence-corrected chi connectivity index (χ4v) is 2.40. The Morgan fingerprint density at radius 3 is 2.56 bits per heavy atom. The largest absolute Gasteiger partial charge is 0.418 e. The second kappa shape index (κ2) is 4.31.